The van der Waals surface area contributed by atoms with Gasteiger partial charge in [-0.3, -0.25) is 0 Å². The normalized spacial score (nSPS) is 11.6. The Morgan fingerprint density at radius 3 is 1.41 bits per heavy atom. The molecule has 0 aliphatic carbocycles. The van der Waals surface area contributed by atoms with Gasteiger partial charge in [0.15, 0.2) is 23.1 Å². The molecule has 0 N–H and O–H groups in total. The molecule has 0 unspecified atom stereocenters. The maximum Gasteiger partial charge on any atom is 0.231 e. The summed E-state index contributed by atoms with van der Waals surface area (Å²) in [7, 11) is 0. The second-order valence-corrected chi connectivity index (χ2v) is 10.7. The van der Waals surface area contributed by atoms with Crippen LogP contribution in [0.1, 0.15) is 0 Å². The van der Waals surface area contributed by atoms with Crippen molar-refractivity contribution < 1.29 is 8.83 Å². The SMILES string of the molecule is c1ccc(-c2nc(-c3ccccc3)nc(-c3ccc(-c4nc5oc6ccccc6c5c5oc6ccccc6c45)cc3)n2)cc1. The summed E-state index contributed by atoms with van der Waals surface area (Å²) in [5, 5.41) is 3.85. The molecule has 44 heavy (non-hydrogen) atoms. The lowest BCUT2D eigenvalue weighted by Gasteiger charge is -2.09. The topological polar surface area (TPSA) is 77.8 Å². The van der Waals surface area contributed by atoms with Crippen LogP contribution in [-0.2, 0) is 0 Å². The van der Waals surface area contributed by atoms with Crippen molar-refractivity contribution in [2.75, 3.05) is 0 Å². The molecule has 0 spiro atoms. The summed E-state index contributed by atoms with van der Waals surface area (Å²) in [6.07, 6.45) is 0. The molecule has 0 bridgehead atoms. The van der Waals surface area contributed by atoms with Crippen LogP contribution < -0.4 is 0 Å². The van der Waals surface area contributed by atoms with Crippen molar-refractivity contribution in [1.82, 2.24) is 19.9 Å². The second-order valence-electron chi connectivity index (χ2n) is 10.7. The Morgan fingerprint density at radius 2 is 0.818 bits per heavy atom. The van der Waals surface area contributed by atoms with Gasteiger partial charge in [-0.2, -0.15) is 0 Å². The third kappa shape index (κ3) is 3.89. The van der Waals surface area contributed by atoms with E-state index in [0.717, 1.165) is 66.2 Å². The Kier molecular flexibility index (Phi) is 5.40. The van der Waals surface area contributed by atoms with Crippen molar-refractivity contribution in [2.24, 2.45) is 0 Å². The molecule has 4 heterocycles. The highest BCUT2D eigenvalue weighted by Crippen LogP contribution is 2.42. The van der Waals surface area contributed by atoms with Gasteiger partial charge in [0, 0.05) is 33.0 Å². The van der Waals surface area contributed by atoms with Crippen LogP contribution in [0.4, 0.5) is 0 Å². The van der Waals surface area contributed by atoms with Gasteiger partial charge in [-0.1, -0.05) is 121 Å². The molecule has 0 aliphatic rings. The van der Waals surface area contributed by atoms with E-state index in [9.17, 15) is 0 Å². The molecule has 9 aromatic rings. The first-order valence-electron chi connectivity index (χ1n) is 14.4. The zero-order valence-electron chi connectivity index (χ0n) is 23.3. The first-order valence-corrected chi connectivity index (χ1v) is 14.4. The average molecular weight is 567 g/mol. The summed E-state index contributed by atoms with van der Waals surface area (Å²) in [6.45, 7) is 0. The monoisotopic (exact) mass is 566 g/mol. The Labute approximate surface area is 251 Å². The maximum atomic E-state index is 6.47. The molecular formula is C38H22N4O2. The quantitative estimate of drug-likeness (QED) is 0.211. The first kappa shape index (κ1) is 24.5. The summed E-state index contributed by atoms with van der Waals surface area (Å²) in [5.41, 5.74) is 7.40. The van der Waals surface area contributed by atoms with Gasteiger partial charge in [0.1, 0.15) is 11.2 Å². The van der Waals surface area contributed by atoms with Gasteiger partial charge in [-0.25, -0.2) is 19.9 Å². The Morgan fingerprint density at radius 1 is 0.364 bits per heavy atom. The van der Waals surface area contributed by atoms with E-state index < -0.39 is 0 Å². The molecule has 0 aliphatic heterocycles. The van der Waals surface area contributed by atoms with Gasteiger partial charge in [0.25, 0.3) is 0 Å². The van der Waals surface area contributed by atoms with E-state index in [1.165, 1.54) is 0 Å². The average Bonchev–Trinajstić information content (AvgIpc) is 3.67. The fourth-order valence-electron chi connectivity index (χ4n) is 5.87. The molecule has 0 fully saturated rings. The zero-order chi connectivity index (χ0) is 29.0. The Hall–Kier alpha value is -6.14. The second kappa shape index (κ2) is 9.71. The minimum absolute atomic E-state index is 0.550. The Bertz CT molecular complexity index is 2420. The number of para-hydroxylation sites is 2. The van der Waals surface area contributed by atoms with E-state index in [0.29, 0.717) is 23.2 Å². The number of nitrogens with zero attached hydrogens (tertiary/aromatic N) is 4. The van der Waals surface area contributed by atoms with Crippen LogP contribution in [-0.4, -0.2) is 19.9 Å². The standard InChI is InChI=1S/C38H22N4O2/c1-3-11-24(12-4-1)35-40-36(25-13-5-2-6-14-25)42-37(41-35)26-21-19-23(20-22-26)33-31-27-15-7-9-17-29(27)43-34(31)32-28-16-8-10-18-30(28)44-38(32)39-33/h1-22H. The Balaban J connectivity index is 1.23. The van der Waals surface area contributed by atoms with E-state index in [4.69, 9.17) is 28.8 Å². The number of pyridine rings is 1. The summed E-state index contributed by atoms with van der Waals surface area (Å²) < 4.78 is 12.7. The highest BCUT2D eigenvalue weighted by Gasteiger charge is 2.22. The summed E-state index contributed by atoms with van der Waals surface area (Å²) in [5.74, 6) is 1.85. The number of hydrogen-bond acceptors (Lipinski definition) is 6. The van der Waals surface area contributed by atoms with Gasteiger partial charge >= 0.3 is 0 Å². The van der Waals surface area contributed by atoms with Crippen molar-refractivity contribution >= 4 is 44.0 Å². The lowest BCUT2D eigenvalue weighted by molar-refractivity contribution is 0.651. The van der Waals surface area contributed by atoms with E-state index >= 15 is 0 Å². The minimum Gasteiger partial charge on any atom is -0.455 e. The molecule has 6 heteroatoms. The number of furan rings is 2. The van der Waals surface area contributed by atoms with Crippen LogP contribution in [0.25, 0.3) is 89.4 Å². The molecule has 9 rings (SSSR count). The molecular weight excluding hydrogens is 544 g/mol. The fourth-order valence-corrected chi connectivity index (χ4v) is 5.87. The third-order valence-electron chi connectivity index (χ3n) is 7.97. The molecule has 6 nitrogen and oxygen atoms in total. The molecule has 0 saturated heterocycles. The highest BCUT2D eigenvalue weighted by atomic mass is 16.4. The summed E-state index contributed by atoms with van der Waals surface area (Å²) >= 11 is 0. The van der Waals surface area contributed by atoms with Crippen LogP contribution in [0.15, 0.2) is 142 Å². The van der Waals surface area contributed by atoms with Crippen molar-refractivity contribution in [3.63, 3.8) is 0 Å². The van der Waals surface area contributed by atoms with Crippen LogP contribution in [0.5, 0.6) is 0 Å². The highest BCUT2D eigenvalue weighted by molar-refractivity contribution is 6.24. The molecule has 0 atom stereocenters. The van der Waals surface area contributed by atoms with Crippen molar-refractivity contribution in [2.45, 2.75) is 0 Å². The summed E-state index contributed by atoms with van der Waals surface area (Å²) in [6, 6.07) is 44.2. The number of rotatable bonds is 4. The lowest BCUT2D eigenvalue weighted by atomic mass is 10.0. The summed E-state index contributed by atoms with van der Waals surface area (Å²) in [4.78, 5) is 19.7. The molecule has 206 valence electrons. The van der Waals surface area contributed by atoms with E-state index in [2.05, 4.69) is 18.2 Å². The smallest absolute Gasteiger partial charge is 0.231 e. The van der Waals surface area contributed by atoms with Crippen LogP contribution in [0.2, 0.25) is 0 Å². The van der Waals surface area contributed by atoms with Gasteiger partial charge in [0.05, 0.1) is 16.5 Å². The largest absolute Gasteiger partial charge is 0.455 e. The predicted octanol–water partition coefficient (Wildman–Crippen LogP) is 9.73. The van der Waals surface area contributed by atoms with Gasteiger partial charge in [-0.05, 0) is 12.1 Å². The van der Waals surface area contributed by atoms with Crippen molar-refractivity contribution in [3.05, 3.63) is 133 Å². The van der Waals surface area contributed by atoms with E-state index in [1.54, 1.807) is 0 Å². The third-order valence-corrected chi connectivity index (χ3v) is 7.97. The molecule has 0 amide bonds. The van der Waals surface area contributed by atoms with Crippen LogP contribution in [0.3, 0.4) is 0 Å². The number of hydrogen-bond donors (Lipinski definition) is 0. The van der Waals surface area contributed by atoms with Crippen LogP contribution in [0, 0.1) is 0 Å². The maximum absolute atomic E-state index is 6.47. The van der Waals surface area contributed by atoms with Crippen molar-refractivity contribution in [1.29, 1.82) is 0 Å². The van der Waals surface area contributed by atoms with Gasteiger partial charge in [-0.15, -0.1) is 0 Å². The van der Waals surface area contributed by atoms with Crippen molar-refractivity contribution in [3.8, 4) is 45.4 Å². The number of aromatic nitrogens is 4. The molecule has 5 aromatic carbocycles. The van der Waals surface area contributed by atoms with E-state index in [-0.39, 0.29) is 0 Å². The lowest BCUT2D eigenvalue weighted by Crippen LogP contribution is -2.00. The first-order chi connectivity index (χ1) is 21.8. The fraction of sp³-hybridized carbons (Fsp3) is 0. The van der Waals surface area contributed by atoms with Crippen LogP contribution >= 0.6 is 0 Å². The number of fused-ring (bicyclic) bond motifs is 7. The molecule has 0 saturated carbocycles. The number of benzene rings is 5. The van der Waals surface area contributed by atoms with Gasteiger partial charge in [0.2, 0.25) is 5.71 Å². The zero-order valence-corrected chi connectivity index (χ0v) is 23.3. The molecule has 4 aromatic heterocycles. The molecule has 0 radical (unpaired) electrons. The minimum atomic E-state index is 0.550. The predicted molar refractivity (Wildman–Crippen MR) is 174 cm³/mol. The van der Waals surface area contributed by atoms with Gasteiger partial charge < -0.3 is 8.83 Å². The van der Waals surface area contributed by atoms with E-state index in [1.807, 2.05) is 115 Å².